The van der Waals surface area contributed by atoms with Crippen LogP contribution >= 0.6 is 0 Å². The van der Waals surface area contributed by atoms with Gasteiger partial charge in [-0.3, -0.25) is 0 Å². The van der Waals surface area contributed by atoms with Crippen molar-refractivity contribution in [3.05, 3.63) is 18.0 Å². The normalized spacial score (nSPS) is 21.3. The predicted octanol–water partition coefficient (Wildman–Crippen LogP) is 1.60. The molecule has 1 fully saturated rings. The van der Waals surface area contributed by atoms with Gasteiger partial charge in [-0.15, -0.1) is 0 Å². The average molecular weight is 234 g/mol. The molecule has 0 saturated carbocycles. The molecule has 1 aromatic rings. The molecule has 0 amide bonds. The first-order chi connectivity index (χ1) is 8.29. The summed E-state index contributed by atoms with van der Waals surface area (Å²) in [7, 11) is 0. The van der Waals surface area contributed by atoms with Crippen LogP contribution in [0.5, 0.6) is 0 Å². The van der Waals surface area contributed by atoms with Gasteiger partial charge < -0.3 is 10.6 Å². The highest BCUT2D eigenvalue weighted by Crippen LogP contribution is 2.19. The minimum atomic E-state index is 0.657. The lowest BCUT2D eigenvalue weighted by Gasteiger charge is -2.20. The number of nitrogens with zero attached hydrogens (tertiary/aromatic N) is 3. The van der Waals surface area contributed by atoms with Crippen LogP contribution in [0.2, 0.25) is 0 Å². The largest absolute Gasteiger partial charge is 0.341 e. The SMILES string of the molecule is CC1CCCN(c2ncc(CCN)cn2)CC1. The van der Waals surface area contributed by atoms with Crippen LogP contribution in [0.15, 0.2) is 12.4 Å². The van der Waals surface area contributed by atoms with E-state index in [1.165, 1.54) is 19.3 Å². The molecular formula is C13H22N4. The zero-order valence-electron chi connectivity index (χ0n) is 10.6. The first-order valence-corrected chi connectivity index (χ1v) is 6.55. The molecule has 1 unspecified atom stereocenters. The van der Waals surface area contributed by atoms with E-state index in [2.05, 4.69) is 21.8 Å². The minimum absolute atomic E-state index is 0.657. The Balaban J connectivity index is 2.00. The maximum absolute atomic E-state index is 5.51. The summed E-state index contributed by atoms with van der Waals surface area (Å²) in [6.45, 7) is 5.15. The Morgan fingerprint density at radius 2 is 2.06 bits per heavy atom. The molecule has 0 aliphatic carbocycles. The molecule has 0 bridgehead atoms. The highest BCUT2D eigenvalue weighted by molar-refractivity contribution is 5.30. The van der Waals surface area contributed by atoms with Crippen LogP contribution in [0.3, 0.4) is 0 Å². The van der Waals surface area contributed by atoms with Crippen molar-refractivity contribution in [2.45, 2.75) is 32.6 Å². The Kier molecular flexibility index (Phi) is 4.31. The summed E-state index contributed by atoms with van der Waals surface area (Å²) in [4.78, 5) is 11.2. The molecule has 0 radical (unpaired) electrons. The first-order valence-electron chi connectivity index (χ1n) is 6.55. The highest BCUT2D eigenvalue weighted by atomic mass is 15.2. The predicted molar refractivity (Wildman–Crippen MR) is 70.0 cm³/mol. The molecule has 1 aliphatic rings. The Hall–Kier alpha value is -1.16. The van der Waals surface area contributed by atoms with Gasteiger partial charge in [0.15, 0.2) is 0 Å². The van der Waals surface area contributed by atoms with Crippen LogP contribution in [0.4, 0.5) is 5.95 Å². The molecule has 1 atom stereocenters. The lowest BCUT2D eigenvalue weighted by molar-refractivity contribution is 0.521. The van der Waals surface area contributed by atoms with Crippen molar-refractivity contribution in [3.8, 4) is 0 Å². The van der Waals surface area contributed by atoms with Gasteiger partial charge in [0.05, 0.1) is 0 Å². The van der Waals surface area contributed by atoms with Crippen LogP contribution in [0.25, 0.3) is 0 Å². The summed E-state index contributed by atoms with van der Waals surface area (Å²) < 4.78 is 0. The van der Waals surface area contributed by atoms with Gasteiger partial charge in [0.2, 0.25) is 5.95 Å². The van der Waals surface area contributed by atoms with Gasteiger partial charge in [-0.2, -0.15) is 0 Å². The molecule has 17 heavy (non-hydrogen) atoms. The minimum Gasteiger partial charge on any atom is -0.341 e. The third-order valence-corrected chi connectivity index (χ3v) is 3.42. The summed E-state index contributed by atoms with van der Waals surface area (Å²) in [6, 6.07) is 0. The number of rotatable bonds is 3. The lowest BCUT2D eigenvalue weighted by Crippen LogP contribution is -2.26. The Labute approximate surface area is 103 Å². The first kappa shape index (κ1) is 12.3. The van der Waals surface area contributed by atoms with Crippen molar-refractivity contribution >= 4 is 5.95 Å². The smallest absolute Gasteiger partial charge is 0.225 e. The van der Waals surface area contributed by atoms with Crippen molar-refractivity contribution in [3.63, 3.8) is 0 Å². The summed E-state index contributed by atoms with van der Waals surface area (Å²) in [5.74, 6) is 1.70. The lowest BCUT2D eigenvalue weighted by atomic mass is 10.0. The van der Waals surface area contributed by atoms with Gasteiger partial charge in [-0.25, -0.2) is 9.97 Å². The molecule has 1 aliphatic heterocycles. The molecule has 1 aromatic heterocycles. The van der Waals surface area contributed by atoms with Gasteiger partial charge in [-0.05, 0) is 43.7 Å². The van der Waals surface area contributed by atoms with E-state index in [-0.39, 0.29) is 0 Å². The Morgan fingerprint density at radius 3 is 2.76 bits per heavy atom. The maximum atomic E-state index is 5.51. The topological polar surface area (TPSA) is 55.0 Å². The van der Waals surface area contributed by atoms with E-state index < -0.39 is 0 Å². The van der Waals surface area contributed by atoms with E-state index >= 15 is 0 Å². The number of aromatic nitrogens is 2. The Morgan fingerprint density at radius 1 is 1.29 bits per heavy atom. The van der Waals surface area contributed by atoms with Crippen molar-refractivity contribution < 1.29 is 0 Å². The van der Waals surface area contributed by atoms with E-state index in [4.69, 9.17) is 5.73 Å². The fourth-order valence-electron chi connectivity index (χ4n) is 2.27. The van der Waals surface area contributed by atoms with E-state index in [0.717, 1.165) is 36.9 Å². The molecular weight excluding hydrogens is 212 g/mol. The molecule has 2 rings (SSSR count). The second-order valence-electron chi connectivity index (χ2n) is 4.95. The quantitative estimate of drug-likeness (QED) is 0.863. The van der Waals surface area contributed by atoms with E-state index in [1.807, 2.05) is 12.4 Å². The van der Waals surface area contributed by atoms with Gasteiger partial charge >= 0.3 is 0 Å². The number of nitrogens with two attached hydrogens (primary N) is 1. The second-order valence-corrected chi connectivity index (χ2v) is 4.95. The standard InChI is InChI=1S/C13H22N4/c1-11-3-2-7-17(8-5-11)13-15-9-12(4-6-14)10-16-13/h9-11H,2-8,14H2,1H3. The molecule has 4 heteroatoms. The summed E-state index contributed by atoms with van der Waals surface area (Å²) >= 11 is 0. The maximum Gasteiger partial charge on any atom is 0.225 e. The second kappa shape index (κ2) is 5.96. The molecule has 4 nitrogen and oxygen atoms in total. The van der Waals surface area contributed by atoms with Crippen molar-refractivity contribution in [2.24, 2.45) is 11.7 Å². The Bertz CT molecular complexity index is 336. The third-order valence-electron chi connectivity index (χ3n) is 3.42. The summed E-state index contributed by atoms with van der Waals surface area (Å²) in [5.41, 5.74) is 6.64. The van der Waals surface area contributed by atoms with Crippen LogP contribution in [0.1, 0.15) is 31.7 Å². The molecule has 0 spiro atoms. The number of anilines is 1. The fourth-order valence-corrected chi connectivity index (χ4v) is 2.27. The number of hydrogen-bond donors (Lipinski definition) is 1. The van der Waals surface area contributed by atoms with Crippen molar-refractivity contribution in [2.75, 3.05) is 24.5 Å². The monoisotopic (exact) mass is 234 g/mol. The fraction of sp³-hybridized carbons (Fsp3) is 0.692. The average Bonchev–Trinajstić information content (AvgIpc) is 2.56. The van der Waals surface area contributed by atoms with Crippen molar-refractivity contribution in [1.29, 1.82) is 0 Å². The highest BCUT2D eigenvalue weighted by Gasteiger charge is 2.15. The van der Waals surface area contributed by atoms with E-state index in [0.29, 0.717) is 6.54 Å². The van der Waals surface area contributed by atoms with E-state index in [1.54, 1.807) is 0 Å². The van der Waals surface area contributed by atoms with Crippen molar-refractivity contribution in [1.82, 2.24) is 9.97 Å². The zero-order valence-corrected chi connectivity index (χ0v) is 10.6. The number of hydrogen-bond acceptors (Lipinski definition) is 4. The zero-order chi connectivity index (χ0) is 12.1. The van der Waals surface area contributed by atoms with Gasteiger partial charge in [-0.1, -0.05) is 6.92 Å². The summed E-state index contributed by atoms with van der Waals surface area (Å²) in [5, 5.41) is 0. The third kappa shape index (κ3) is 3.40. The van der Waals surface area contributed by atoms with E-state index in [9.17, 15) is 0 Å². The van der Waals surface area contributed by atoms with Gasteiger partial charge in [0.1, 0.15) is 0 Å². The van der Waals surface area contributed by atoms with Crippen LogP contribution in [-0.2, 0) is 6.42 Å². The van der Waals surface area contributed by atoms with Crippen LogP contribution in [0, 0.1) is 5.92 Å². The molecule has 2 heterocycles. The van der Waals surface area contributed by atoms with Crippen LogP contribution < -0.4 is 10.6 Å². The molecule has 2 N–H and O–H groups in total. The molecule has 0 aromatic carbocycles. The molecule has 1 saturated heterocycles. The molecule has 94 valence electrons. The van der Waals surface area contributed by atoms with Gasteiger partial charge in [0.25, 0.3) is 0 Å². The van der Waals surface area contributed by atoms with Crippen LogP contribution in [-0.4, -0.2) is 29.6 Å². The van der Waals surface area contributed by atoms with Gasteiger partial charge in [0, 0.05) is 25.5 Å². The summed E-state index contributed by atoms with van der Waals surface area (Å²) in [6.07, 6.45) is 8.48.